The molecular weight excluding hydrogens is 346 g/mol. The van der Waals surface area contributed by atoms with E-state index in [4.69, 9.17) is 9.47 Å². The van der Waals surface area contributed by atoms with E-state index >= 15 is 0 Å². The highest BCUT2D eigenvalue weighted by Crippen LogP contribution is 2.24. The number of nitrogens with one attached hydrogen (secondary N) is 1. The van der Waals surface area contributed by atoms with Crippen molar-refractivity contribution in [3.05, 3.63) is 58.6 Å². The molecule has 0 heterocycles. The van der Waals surface area contributed by atoms with Crippen LogP contribution >= 0.6 is 15.9 Å². The summed E-state index contributed by atoms with van der Waals surface area (Å²) in [7, 11) is 1.62. The summed E-state index contributed by atoms with van der Waals surface area (Å²) in [6.07, 6.45) is 0. The van der Waals surface area contributed by atoms with Crippen molar-refractivity contribution >= 4 is 21.8 Å². The highest BCUT2D eigenvalue weighted by molar-refractivity contribution is 9.10. The summed E-state index contributed by atoms with van der Waals surface area (Å²) >= 11 is 3.35. The van der Waals surface area contributed by atoms with Gasteiger partial charge in [-0.25, -0.2) is 0 Å². The summed E-state index contributed by atoms with van der Waals surface area (Å²) in [6.45, 7) is 1.89. The summed E-state index contributed by atoms with van der Waals surface area (Å²) in [6, 6.07) is 14.8. The topological polar surface area (TPSA) is 47.6 Å². The molecule has 2 aromatic carbocycles. The van der Waals surface area contributed by atoms with Crippen LogP contribution in [-0.4, -0.2) is 19.6 Å². The molecule has 0 aliphatic carbocycles. The Labute approximate surface area is 138 Å². The number of methoxy groups -OCH3 is 1. The number of hydrogen-bond acceptors (Lipinski definition) is 3. The minimum Gasteiger partial charge on any atom is -0.496 e. The van der Waals surface area contributed by atoms with Crippen LogP contribution in [0.15, 0.2) is 53.0 Å². The van der Waals surface area contributed by atoms with Crippen LogP contribution in [0, 0.1) is 0 Å². The average Bonchev–Trinajstić information content (AvgIpc) is 2.54. The summed E-state index contributed by atoms with van der Waals surface area (Å²) in [5, 5.41) is 2.90. The normalized spacial score (nSPS) is 11.6. The van der Waals surface area contributed by atoms with Crippen LogP contribution in [0.25, 0.3) is 0 Å². The Kier molecular flexibility index (Phi) is 5.83. The van der Waals surface area contributed by atoms with Gasteiger partial charge in [-0.1, -0.05) is 34.1 Å². The molecule has 0 saturated heterocycles. The van der Waals surface area contributed by atoms with E-state index in [0.29, 0.717) is 5.75 Å². The molecular formula is C17H18BrNO3. The van der Waals surface area contributed by atoms with Crippen molar-refractivity contribution in [2.45, 2.75) is 13.0 Å². The quantitative estimate of drug-likeness (QED) is 0.850. The maximum absolute atomic E-state index is 12.0. The number of benzene rings is 2. The monoisotopic (exact) mass is 363 g/mol. The number of para-hydroxylation sites is 1. The van der Waals surface area contributed by atoms with E-state index in [9.17, 15) is 4.79 Å². The summed E-state index contributed by atoms with van der Waals surface area (Å²) in [4.78, 5) is 12.0. The zero-order valence-corrected chi connectivity index (χ0v) is 14.1. The van der Waals surface area contributed by atoms with E-state index < -0.39 is 0 Å². The summed E-state index contributed by atoms with van der Waals surface area (Å²) in [5.41, 5.74) is 0.932. The lowest BCUT2D eigenvalue weighted by Crippen LogP contribution is -2.31. The Hall–Kier alpha value is -2.01. The van der Waals surface area contributed by atoms with Crippen LogP contribution in [0.5, 0.6) is 11.5 Å². The smallest absolute Gasteiger partial charge is 0.258 e. The molecule has 0 aromatic heterocycles. The molecule has 0 aliphatic rings. The minimum absolute atomic E-state index is 0.0267. The summed E-state index contributed by atoms with van der Waals surface area (Å²) in [5.74, 6) is 1.23. The van der Waals surface area contributed by atoms with Crippen molar-refractivity contribution in [1.82, 2.24) is 5.32 Å². The van der Waals surface area contributed by atoms with Gasteiger partial charge in [0, 0.05) is 10.0 Å². The van der Waals surface area contributed by atoms with Gasteiger partial charge in [0.1, 0.15) is 11.5 Å². The van der Waals surface area contributed by atoms with Gasteiger partial charge in [0.15, 0.2) is 6.61 Å². The standard InChI is InChI=1S/C17H18BrNO3/c1-12(15-5-3-4-6-16(15)21-2)19-17(20)11-22-14-9-7-13(18)8-10-14/h3-10,12H,11H2,1-2H3,(H,19,20)/t12-/m1/s1. The number of carbonyl (C=O) groups is 1. The molecule has 0 unspecified atom stereocenters. The number of carbonyl (C=O) groups excluding carboxylic acids is 1. The lowest BCUT2D eigenvalue weighted by molar-refractivity contribution is -0.123. The van der Waals surface area contributed by atoms with Gasteiger partial charge in [0.2, 0.25) is 0 Å². The fourth-order valence-electron chi connectivity index (χ4n) is 2.06. The van der Waals surface area contributed by atoms with Gasteiger partial charge in [-0.15, -0.1) is 0 Å². The fraction of sp³-hybridized carbons (Fsp3) is 0.235. The predicted octanol–water partition coefficient (Wildman–Crippen LogP) is 3.71. The molecule has 0 aliphatic heterocycles. The Morgan fingerprint density at radius 3 is 2.55 bits per heavy atom. The highest BCUT2D eigenvalue weighted by Gasteiger charge is 2.13. The first kappa shape index (κ1) is 16.4. The number of amides is 1. The number of ether oxygens (including phenoxy) is 2. The van der Waals surface area contributed by atoms with Crippen LogP contribution < -0.4 is 14.8 Å². The first-order valence-electron chi connectivity index (χ1n) is 6.91. The lowest BCUT2D eigenvalue weighted by Gasteiger charge is -2.17. The molecule has 4 nitrogen and oxygen atoms in total. The second-order valence-electron chi connectivity index (χ2n) is 4.77. The lowest BCUT2D eigenvalue weighted by atomic mass is 10.1. The predicted molar refractivity (Wildman–Crippen MR) is 89.2 cm³/mol. The molecule has 0 bridgehead atoms. The van der Waals surface area contributed by atoms with Crippen LogP contribution in [-0.2, 0) is 4.79 Å². The van der Waals surface area contributed by atoms with Crippen molar-refractivity contribution < 1.29 is 14.3 Å². The SMILES string of the molecule is COc1ccccc1[C@@H](C)NC(=O)COc1ccc(Br)cc1. The number of halogens is 1. The molecule has 2 aromatic rings. The molecule has 0 spiro atoms. The van der Waals surface area contributed by atoms with Crippen LogP contribution in [0.2, 0.25) is 0 Å². The zero-order chi connectivity index (χ0) is 15.9. The third-order valence-corrected chi connectivity index (χ3v) is 3.70. The second kappa shape index (κ2) is 7.84. The Bertz CT molecular complexity index is 628. The third kappa shape index (κ3) is 4.49. The molecule has 1 N–H and O–H groups in total. The largest absolute Gasteiger partial charge is 0.496 e. The molecule has 0 saturated carbocycles. The van der Waals surface area contributed by atoms with E-state index in [1.807, 2.05) is 43.3 Å². The van der Waals surface area contributed by atoms with E-state index in [1.54, 1.807) is 19.2 Å². The molecule has 1 atom stereocenters. The van der Waals surface area contributed by atoms with Crippen LogP contribution in [0.3, 0.4) is 0 Å². The average molecular weight is 364 g/mol. The number of rotatable bonds is 6. The molecule has 1 amide bonds. The van der Waals surface area contributed by atoms with Crippen LogP contribution in [0.1, 0.15) is 18.5 Å². The Balaban J connectivity index is 1.90. The van der Waals surface area contributed by atoms with Crippen molar-refractivity contribution in [1.29, 1.82) is 0 Å². The van der Waals surface area contributed by atoms with Gasteiger partial charge < -0.3 is 14.8 Å². The van der Waals surface area contributed by atoms with Gasteiger partial charge in [-0.05, 0) is 37.3 Å². The van der Waals surface area contributed by atoms with Crippen molar-refractivity contribution in [3.8, 4) is 11.5 Å². The minimum atomic E-state index is -0.179. The second-order valence-corrected chi connectivity index (χ2v) is 5.69. The van der Waals surface area contributed by atoms with E-state index in [0.717, 1.165) is 15.8 Å². The van der Waals surface area contributed by atoms with E-state index in [-0.39, 0.29) is 18.6 Å². The van der Waals surface area contributed by atoms with Gasteiger partial charge in [0.25, 0.3) is 5.91 Å². The van der Waals surface area contributed by atoms with Gasteiger partial charge in [-0.2, -0.15) is 0 Å². The first-order chi connectivity index (χ1) is 10.6. The van der Waals surface area contributed by atoms with Crippen molar-refractivity contribution in [3.63, 3.8) is 0 Å². The first-order valence-corrected chi connectivity index (χ1v) is 7.70. The van der Waals surface area contributed by atoms with Crippen molar-refractivity contribution in [2.24, 2.45) is 0 Å². The molecule has 2 rings (SSSR count). The number of hydrogen-bond donors (Lipinski definition) is 1. The molecule has 22 heavy (non-hydrogen) atoms. The molecule has 5 heteroatoms. The fourth-order valence-corrected chi connectivity index (χ4v) is 2.33. The maximum atomic E-state index is 12.0. The molecule has 0 fully saturated rings. The van der Waals surface area contributed by atoms with Crippen LogP contribution in [0.4, 0.5) is 0 Å². The van der Waals surface area contributed by atoms with Gasteiger partial charge in [-0.3, -0.25) is 4.79 Å². The Morgan fingerprint density at radius 2 is 1.86 bits per heavy atom. The van der Waals surface area contributed by atoms with Crippen molar-refractivity contribution in [2.75, 3.05) is 13.7 Å². The summed E-state index contributed by atoms with van der Waals surface area (Å²) < 4.78 is 11.7. The van der Waals surface area contributed by atoms with Gasteiger partial charge in [0.05, 0.1) is 13.2 Å². The van der Waals surface area contributed by atoms with E-state index in [1.165, 1.54) is 0 Å². The highest BCUT2D eigenvalue weighted by atomic mass is 79.9. The molecule has 116 valence electrons. The maximum Gasteiger partial charge on any atom is 0.258 e. The van der Waals surface area contributed by atoms with E-state index in [2.05, 4.69) is 21.2 Å². The van der Waals surface area contributed by atoms with Gasteiger partial charge >= 0.3 is 0 Å². The third-order valence-electron chi connectivity index (χ3n) is 3.17. The molecule has 0 radical (unpaired) electrons. The Morgan fingerprint density at radius 1 is 1.18 bits per heavy atom. The zero-order valence-electron chi connectivity index (χ0n) is 12.5.